The quantitative estimate of drug-likeness (QED) is 0.644. The Morgan fingerprint density at radius 1 is 1.04 bits per heavy atom. The molecule has 26 heavy (non-hydrogen) atoms. The Morgan fingerprint density at radius 2 is 1.73 bits per heavy atom. The van der Waals surface area contributed by atoms with Crippen molar-refractivity contribution in [3.8, 4) is 11.3 Å². The molecule has 0 bridgehead atoms. The van der Waals surface area contributed by atoms with E-state index >= 15 is 0 Å². The first-order valence-electron chi connectivity index (χ1n) is 8.22. The molecule has 1 heterocycles. The van der Waals surface area contributed by atoms with Gasteiger partial charge >= 0.3 is 0 Å². The van der Waals surface area contributed by atoms with Gasteiger partial charge in [0.1, 0.15) is 0 Å². The lowest BCUT2D eigenvalue weighted by Gasteiger charge is -2.04. The van der Waals surface area contributed by atoms with E-state index in [0.29, 0.717) is 13.0 Å². The second kappa shape index (κ2) is 7.99. The predicted molar refractivity (Wildman–Crippen MR) is 109 cm³/mol. The van der Waals surface area contributed by atoms with E-state index in [1.807, 2.05) is 41.8 Å². The van der Waals surface area contributed by atoms with Crippen molar-refractivity contribution in [2.75, 3.05) is 18.1 Å². The lowest BCUT2D eigenvalue weighted by atomic mass is 10.1. The van der Waals surface area contributed by atoms with Crippen LogP contribution in [-0.2, 0) is 16.4 Å². The van der Waals surface area contributed by atoms with Crippen LogP contribution in [0.15, 0.2) is 53.9 Å². The Balaban J connectivity index is 1.62. The number of anilines is 2. The molecule has 3 rings (SSSR count). The zero-order valence-corrected chi connectivity index (χ0v) is 16.3. The average Bonchev–Trinajstić information content (AvgIpc) is 3.05. The van der Waals surface area contributed by atoms with Gasteiger partial charge in [0.25, 0.3) is 0 Å². The number of benzene rings is 2. The van der Waals surface area contributed by atoms with E-state index < -0.39 is 10.0 Å². The molecule has 0 aliphatic rings. The minimum Gasteiger partial charge on any atom is -0.332 e. The van der Waals surface area contributed by atoms with Gasteiger partial charge in [-0.2, -0.15) is 0 Å². The third kappa shape index (κ3) is 5.39. The molecular formula is C19H21N3O2S2. The number of rotatable bonds is 7. The molecule has 0 spiro atoms. The lowest BCUT2D eigenvalue weighted by Crippen LogP contribution is -2.24. The molecule has 0 aliphatic heterocycles. The number of aryl methyl sites for hydroxylation is 1. The molecule has 0 amide bonds. The van der Waals surface area contributed by atoms with E-state index in [9.17, 15) is 8.42 Å². The predicted octanol–water partition coefficient (Wildman–Crippen LogP) is 3.95. The minimum atomic E-state index is -3.14. The number of hydrogen-bond donors (Lipinski definition) is 2. The largest absolute Gasteiger partial charge is 0.332 e. The van der Waals surface area contributed by atoms with Crippen LogP contribution in [0.5, 0.6) is 0 Å². The Kier molecular flexibility index (Phi) is 5.70. The number of nitrogens with zero attached hydrogens (tertiary/aromatic N) is 1. The summed E-state index contributed by atoms with van der Waals surface area (Å²) in [6, 6.07) is 16.2. The molecule has 136 valence electrons. The number of aromatic nitrogens is 1. The van der Waals surface area contributed by atoms with Gasteiger partial charge in [0.2, 0.25) is 10.0 Å². The third-order valence-corrected chi connectivity index (χ3v) is 5.32. The molecule has 0 fully saturated rings. The van der Waals surface area contributed by atoms with Crippen molar-refractivity contribution in [3.05, 3.63) is 65.0 Å². The van der Waals surface area contributed by atoms with Crippen LogP contribution in [0, 0.1) is 6.92 Å². The second-order valence-electron chi connectivity index (χ2n) is 6.14. The van der Waals surface area contributed by atoms with Gasteiger partial charge in [0.15, 0.2) is 5.13 Å². The summed E-state index contributed by atoms with van der Waals surface area (Å²) in [6.07, 6.45) is 1.82. The number of sulfonamides is 1. The summed E-state index contributed by atoms with van der Waals surface area (Å²) in [4.78, 5) is 4.64. The maximum Gasteiger partial charge on any atom is 0.208 e. The summed E-state index contributed by atoms with van der Waals surface area (Å²) < 4.78 is 24.7. The van der Waals surface area contributed by atoms with Gasteiger partial charge in [-0.1, -0.05) is 42.0 Å². The van der Waals surface area contributed by atoms with E-state index in [1.54, 1.807) is 11.3 Å². The van der Waals surface area contributed by atoms with Crippen LogP contribution < -0.4 is 10.0 Å². The molecule has 7 heteroatoms. The van der Waals surface area contributed by atoms with Crippen LogP contribution >= 0.6 is 11.3 Å². The van der Waals surface area contributed by atoms with Gasteiger partial charge < -0.3 is 5.32 Å². The third-order valence-electron chi connectivity index (χ3n) is 3.83. The topological polar surface area (TPSA) is 71.1 Å². The highest BCUT2D eigenvalue weighted by Gasteiger charge is 2.06. The Bertz CT molecular complexity index is 963. The van der Waals surface area contributed by atoms with Crippen molar-refractivity contribution < 1.29 is 8.42 Å². The van der Waals surface area contributed by atoms with Gasteiger partial charge in [-0.25, -0.2) is 18.1 Å². The molecule has 3 aromatic rings. The highest BCUT2D eigenvalue weighted by atomic mass is 32.2. The van der Waals surface area contributed by atoms with E-state index in [0.717, 1.165) is 27.6 Å². The molecule has 5 nitrogen and oxygen atoms in total. The Hall–Kier alpha value is -2.22. The molecule has 1 aromatic heterocycles. The first-order chi connectivity index (χ1) is 12.4. The van der Waals surface area contributed by atoms with Gasteiger partial charge in [-0.15, -0.1) is 11.3 Å². The van der Waals surface area contributed by atoms with Crippen LogP contribution in [0.25, 0.3) is 11.3 Å². The molecule has 0 atom stereocenters. The smallest absolute Gasteiger partial charge is 0.208 e. The lowest BCUT2D eigenvalue weighted by molar-refractivity contribution is 0.588. The normalized spacial score (nSPS) is 11.5. The summed E-state index contributed by atoms with van der Waals surface area (Å²) >= 11 is 1.57. The summed E-state index contributed by atoms with van der Waals surface area (Å²) in [7, 11) is -3.14. The molecule has 2 aromatic carbocycles. The first-order valence-corrected chi connectivity index (χ1v) is 11.0. The van der Waals surface area contributed by atoms with Gasteiger partial charge in [0.05, 0.1) is 11.9 Å². The van der Waals surface area contributed by atoms with Crippen molar-refractivity contribution in [2.24, 2.45) is 0 Å². The molecule has 0 saturated heterocycles. The minimum absolute atomic E-state index is 0.402. The monoisotopic (exact) mass is 387 g/mol. The van der Waals surface area contributed by atoms with Crippen molar-refractivity contribution in [2.45, 2.75) is 13.3 Å². The van der Waals surface area contributed by atoms with Crippen LogP contribution in [0.4, 0.5) is 10.8 Å². The second-order valence-corrected chi connectivity index (χ2v) is 8.83. The summed E-state index contributed by atoms with van der Waals surface area (Å²) in [6.45, 7) is 2.46. The van der Waals surface area contributed by atoms with E-state index in [1.165, 1.54) is 11.8 Å². The molecule has 2 N–H and O–H groups in total. The van der Waals surface area contributed by atoms with Crippen LogP contribution in [0.1, 0.15) is 11.1 Å². The number of hydrogen-bond acceptors (Lipinski definition) is 5. The Labute approximate surface area is 158 Å². The molecule has 0 saturated carbocycles. The zero-order valence-electron chi connectivity index (χ0n) is 14.7. The molecule has 0 unspecified atom stereocenters. The number of thiazole rings is 1. The standard InChI is InChI=1S/C19H21N3O2S2/c1-14-3-9-17(10-4-14)21-19-22-18(13-25-19)16-7-5-15(6-8-16)11-12-20-26(2,23)24/h3-10,13,20H,11-12H2,1-2H3,(H,21,22). The van der Waals surface area contributed by atoms with E-state index in [-0.39, 0.29) is 0 Å². The maximum atomic E-state index is 11.1. The van der Waals surface area contributed by atoms with Crippen molar-refractivity contribution >= 4 is 32.2 Å². The SMILES string of the molecule is Cc1ccc(Nc2nc(-c3ccc(CCNS(C)(=O)=O)cc3)cs2)cc1. The fourth-order valence-corrected chi connectivity index (χ4v) is 3.66. The fourth-order valence-electron chi connectivity index (χ4n) is 2.45. The van der Waals surface area contributed by atoms with Crippen LogP contribution in [0.3, 0.4) is 0 Å². The Morgan fingerprint density at radius 3 is 2.38 bits per heavy atom. The molecule has 0 aliphatic carbocycles. The maximum absolute atomic E-state index is 11.1. The van der Waals surface area contributed by atoms with Gasteiger partial charge in [-0.05, 0) is 31.0 Å². The summed E-state index contributed by atoms with van der Waals surface area (Å²) in [5, 5.41) is 6.19. The fraction of sp³-hybridized carbons (Fsp3) is 0.211. The van der Waals surface area contributed by atoms with Crippen molar-refractivity contribution in [1.29, 1.82) is 0 Å². The van der Waals surface area contributed by atoms with Gasteiger partial charge in [0, 0.05) is 23.2 Å². The number of nitrogens with one attached hydrogen (secondary N) is 2. The first kappa shape index (κ1) is 18.6. The van der Waals surface area contributed by atoms with Crippen molar-refractivity contribution in [1.82, 2.24) is 9.71 Å². The van der Waals surface area contributed by atoms with E-state index in [4.69, 9.17) is 0 Å². The van der Waals surface area contributed by atoms with Gasteiger partial charge in [-0.3, -0.25) is 0 Å². The van der Waals surface area contributed by atoms with Crippen molar-refractivity contribution in [3.63, 3.8) is 0 Å². The average molecular weight is 388 g/mol. The highest BCUT2D eigenvalue weighted by molar-refractivity contribution is 7.88. The highest BCUT2D eigenvalue weighted by Crippen LogP contribution is 2.27. The van der Waals surface area contributed by atoms with Crippen LogP contribution in [0.2, 0.25) is 0 Å². The zero-order chi connectivity index (χ0) is 18.6. The summed E-state index contributed by atoms with van der Waals surface area (Å²) in [5.74, 6) is 0. The van der Waals surface area contributed by atoms with Crippen LogP contribution in [-0.4, -0.2) is 26.2 Å². The van der Waals surface area contributed by atoms with E-state index in [2.05, 4.69) is 34.1 Å². The molecule has 0 radical (unpaired) electrons. The molecular weight excluding hydrogens is 366 g/mol. The summed E-state index contributed by atoms with van der Waals surface area (Å²) in [5.41, 5.74) is 5.29.